The Morgan fingerprint density at radius 1 is 1.83 bits per heavy atom. The van der Waals surface area contributed by atoms with Gasteiger partial charge in [-0.25, -0.2) is 4.98 Å². The smallest absolute Gasteiger partial charge is 0.171 e. The van der Waals surface area contributed by atoms with Gasteiger partial charge in [-0.1, -0.05) is 6.58 Å². The number of aromatic amines is 1. The van der Waals surface area contributed by atoms with Crippen LogP contribution in [0.4, 0.5) is 0 Å². The lowest BCUT2D eigenvalue weighted by Crippen LogP contribution is -2.00. The summed E-state index contributed by atoms with van der Waals surface area (Å²) in [5.41, 5.74) is 5.13. The maximum absolute atomic E-state index is 5.13. The van der Waals surface area contributed by atoms with E-state index in [0.717, 1.165) is 10.2 Å². The van der Waals surface area contributed by atoms with E-state index >= 15 is 0 Å². The van der Waals surface area contributed by atoms with Crippen molar-refractivity contribution in [2.24, 2.45) is 5.73 Å². The summed E-state index contributed by atoms with van der Waals surface area (Å²) < 4.78 is 0. The Labute approximate surface area is 75.0 Å². The van der Waals surface area contributed by atoms with Crippen molar-refractivity contribution in [3.05, 3.63) is 36.4 Å². The highest BCUT2D eigenvalue weighted by atomic mass is 32.2. The van der Waals surface area contributed by atoms with Gasteiger partial charge in [-0.3, -0.25) is 0 Å². The molecule has 1 heterocycles. The molecule has 0 aliphatic carbocycles. The van der Waals surface area contributed by atoms with Crippen LogP contribution in [0.1, 0.15) is 0 Å². The Morgan fingerprint density at radius 2 is 2.67 bits per heavy atom. The molecule has 0 aliphatic rings. The zero-order chi connectivity index (χ0) is 8.81. The SMILES string of the molecule is C=C(N/C=C\N)Sc1ncc[nH]1. The molecule has 0 fully saturated rings. The quantitative estimate of drug-likeness (QED) is 0.607. The van der Waals surface area contributed by atoms with Gasteiger partial charge in [0.25, 0.3) is 0 Å². The third-order valence-electron chi connectivity index (χ3n) is 1.03. The lowest BCUT2D eigenvalue weighted by Gasteiger charge is -2.00. The van der Waals surface area contributed by atoms with Crippen molar-refractivity contribution in [2.45, 2.75) is 5.16 Å². The van der Waals surface area contributed by atoms with Crippen molar-refractivity contribution in [3.63, 3.8) is 0 Å². The summed E-state index contributed by atoms with van der Waals surface area (Å²) in [6.07, 6.45) is 6.47. The second-order valence-corrected chi connectivity index (χ2v) is 3.01. The molecule has 0 atom stereocenters. The Kier molecular flexibility index (Phi) is 3.28. The first-order valence-corrected chi connectivity index (χ1v) is 4.14. The molecule has 4 N–H and O–H groups in total. The highest BCUT2D eigenvalue weighted by Gasteiger charge is 1.96. The van der Waals surface area contributed by atoms with Crippen molar-refractivity contribution < 1.29 is 0 Å². The first-order valence-electron chi connectivity index (χ1n) is 3.32. The molecule has 1 rings (SSSR count). The number of nitrogens with two attached hydrogens (primary N) is 1. The predicted octanol–water partition coefficient (Wildman–Crippen LogP) is 0.992. The van der Waals surface area contributed by atoms with Crippen molar-refractivity contribution in [1.29, 1.82) is 0 Å². The Bertz CT molecular complexity index is 265. The molecular weight excluding hydrogens is 172 g/mol. The van der Waals surface area contributed by atoms with Gasteiger partial charge in [0.05, 0.1) is 5.03 Å². The maximum Gasteiger partial charge on any atom is 0.171 e. The van der Waals surface area contributed by atoms with Gasteiger partial charge in [-0.15, -0.1) is 0 Å². The fourth-order valence-electron chi connectivity index (χ4n) is 0.594. The summed E-state index contributed by atoms with van der Waals surface area (Å²) in [5, 5.41) is 4.45. The number of H-pyrrole nitrogens is 1. The van der Waals surface area contributed by atoms with Gasteiger partial charge in [0, 0.05) is 24.8 Å². The van der Waals surface area contributed by atoms with E-state index in [1.807, 2.05) is 0 Å². The van der Waals surface area contributed by atoms with E-state index < -0.39 is 0 Å². The maximum atomic E-state index is 5.13. The first-order chi connectivity index (χ1) is 5.83. The monoisotopic (exact) mass is 182 g/mol. The minimum atomic E-state index is 0.770. The van der Waals surface area contributed by atoms with Gasteiger partial charge in [0.2, 0.25) is 0 Å². The number of nitrogens with one attached hydrogen (secondary N) is 2. The van der Waals surface area contributed by atoms with E-state index in [-0.39, 0.29) is 0 Å². The van der Waals surface area contributed by atoms with Gasteiger partial charge in [-0.05, 0) is 11.8 Å². The molecule has 0 aliphatic heterocycles. The summed E-state index contributed by atoms with van der Waals surface area (Å²) in [5.74, 6) is 0. The number of imidazole rings is 1. The summed E-state index contributed by atoms with van der Waals surface area (Å²) in [6.45, 7) is 3.75. The highest BCUT2D eigenvalue weighted by Crippen LogP contribution is 2.18. The van der Waals surface area contributed by atoms with Crippen LogP contribution in [0.2, 0.25) is 0 Å². The highest BCUT2D eigenvalue weighted by molar-refractivity contribution is 8.02. The molecule has 1 aromatic rings. The van der Waals surface area contributed by atoms with Crippen LogP contribution in [0, 0.1) is 0 Å². The summed E-state index contributed by atoms with van der Waals surface area (Å²) in [7, 11) is 0. The second-order valence-electron chi connectivity index (χ2n) is 1.92. The molecule has 12 heavy (non-hydrogen) atoms. The number of thioether (sulfide) groups is 1. The van der Waals surface area contributed by atoms with Crippen LogP contribution in [0.15, 0.2) is 41.6 Å². The van der Waals surface area contributed by atoms with Crippen molar-refractivity contribution in [1.82, 2.24) is 15.3 Å². The topological polar surface area (TPSA) is 66.7 Å². The summed E-state index contributed by atoms with van der Waals surface area (Å²) >= 11 is 1.41. The molecule has 0 spiro atoms. The predicted molar refractivity (Wildman–Crippen MR) is 50.0 cm³/mol. The Balaban J connectivity index is 2.37. The molecule has 0 unspecified atom stereocenters. The minimum absolute atomic E-state index is 0.770. The fraction of sp³-hybridized carbons (Fsp3) is 0. The zero-order valence-electron chi connectivity index (χ0n) is 6.45. The van der Waals surface area contributed by atoms with E-state index in [1.165, 1.54) is 18.0 Å². The van der Waals surface area contributed by atoms with Crippen LogP contribution in [0.25, 0.3) is 0 Å². The molecule has 4 nitrogen and oxygen atoms in total. The van der Waals surface area contributed by atoms with Gasteiger partial charge in [-0.2, -0.15) is 0 Å². The molecule has 1 aromatic heterocycles. The normalized spacial score (nSPS) is 10.3. The molecule has 0 saturated heterocycles. The third kappa shape index (κ3) is 2.71. The lowest BCUT2D eigenvalue weighted by molar-refractivity contribution is 1.05. The number of hydrogen-bond acceptors (Lipinski definition) is 4. The van der Waals surface area contributed by atoms with Crippen LogP contribution in [0.5, 0.6) is 0 Å². The van der Waals surface area contributed by atoms with Crippen LogP contribution < -0.4 is 11.1 Å². The van der Waals surface area contributed by atoms with Crippen molar-refractivity contribution in [3.8, 4) is 0 Å². The first kappa shape index (κ1) is 8.73. The lowest BCUT2D eigenvalue weighted by atomic mass is 10.8. The molecule has 0 bridgehead atoms. The number of aromatic nitrogens is 2. The second kappa shape index (κ2) is 4.50. The van der Waals surface area contributed by atoms with E-state index in [1.54, 1.807) is 18.6 Å². The largest absolute Gasteiger partial charge is 0.403 e. The standard InChI is InChI=1S/C7H10N4S/c1-6(9-3-2-8)12-7-10-4-5-11-7/h2-5,9H,1,8H2,(H,10,11)/b3-2-. The summed E-state index contributed by atoms with van der Waals surface area (Å²) in [6, 6.07) is 0. The van der Waals surface area contributed by atoms with Crippen LogP contribution in [-0.4, -0.2) is 9.97 Å². The van der Waals surface area contributed by atoms with E-state index in [0.29, 0.717) is 0 Å². The minimum Gasteiger partial charge on any atom is -0.403 e. The molecule has 0 saturated carbocycles. The van der Waals surface area contributed by atoms with Gasteiger partial charge in [0.1, 0.15) is 0 Å². The van der Waals surface area contributed by atoms with Gasteiger partial charge < -0.3 is 16.0 Å². The van der Waals surface area contributed by atoms with Crippen LogP contribution in [-0.2, 0) is 0 Å². The zero-order valence-corrected chi connectivity index (χ0v) is 7.27. The molecule has 0 amide bonds. The molecule has 5 heteroatoms. The van der Waals surface area contributed by atoms with E-state index in [2.05, 4.69) is 21.9 Å². The van der Waals surface area contributed by atoms with Crippen molar-refractivity contribution in [2.75, 3.05) is 0 Å². The molecular formula is C7H10N4S. The van der Waals surface area contributed by atoms with Crippen LogP contribution in [0.3, 0.4) is 0 Å². The van der Waals surface area contributed by atoms with Gasteiger partial charge in [0.15, 0.2) is 5.16 Å². The Hall–Kier alpha value is -1.36. The van der Waals surface area contributed by atoms with E-state index in [4.69, 9.17) is 5.73 Å². The number of hydrogen-bond donors (Lipinski definition) is 3. The molecule has 0 radical (unpaired) electrons. The number of nitrogens with zero attached hydrogens (tertiary/aromatic N) is 1. The van der Waals surface area contributed by atoms with Gasteiger partial charge >= 0.3 is 0 Å². The summed E-state index contributed by atoms with van der Waals surface area (Å²) in [4.78, 5) is 6.96. The molecule has 64 valence electrons. The Morgan fingerprint density at radius 3 is 3.25 bits per heavy atom. The average Bonchev–Trinajstić information content (AvgIpc) is 2.53. The fourth-order valence-corrected chi connectivity index (χ4v) is 1.19. The average molecular weight is 182 g/mol. The van der Waals surface area contributed by atoms with Crippen molar-refractivity contribution >= 4 is 11.8 Å². The van der Waals surface area contributed by atoms with Crippen LogP contribution >= 0.6 is 11.8 Å². The third-order valence-corrected chi connectivity index (χ3v) is 1.81. The molecule has 0 aromatic carbocycles. The van der Waals surface area contributed by atoms with E-state index in [9.17, 15) is 0 Å². The number of rotatable bonds is 4.